The first-order valence-corrected chi connectivity index (χ1v) is 4.29. The van der Waals surface area contributed by atoms with Gasteiger partial charge in [0.15, 0.2) is 0 Å². The van der Waals surface area contributed by atoms with Gasteiger partial charge in [-0.05, 0) is 19.9 Å². The van der Waals surface area contributed by atoms with Crippen molar-refractivity contribution in [3.63, 3.8) is 0 Å². The van der Waals surface area contributed by atoms with E-state index in [1.165, 1.54) is 0 Å². The smallest absolute Gasteiger partial charge is 0.00535 e. The van der Waals surface area contributed by atoms with Gasteiger partial charge in [0.2, 0.25) is 0 Å². The van der Waals surface area contributed by atoms with E-state index in [-0.39, 0.29) is 8.07 Å². The topological polar surface area (TPSA) is 26.0 Å². The van der Waals surface area contributed by atoms with Crippen molar-refractivity contribution in [1.29, 1.82) is 0 Å². The first-order chi connectivity index (χ1) is 2.94. The maximum atomic E-state index is 5.63. The zero-order chi connectivity index (χ0) is 6.08. The van der Waals surface area contributed by atoms with Crippen LogP contribution in [0.25, 0.3) is 0 Å². The molecule has 0 saturated carbocycles. The van der Waals surface area contributed by atoms with Gasteiger partial charge in [-0.25, -0.2) is 0 Å². The molecule has 0 aromatic rings. The van der Waals surface area contributed by atoms with E-state index in [0.29, 0.717) is 5.16 Å². The molecule has 0 aliphatic heterocycles. The Morgan fingerprint density at radius 3 is 1.43 bits per heavy atom. The lowest BCUT2D eigenvalue weighted by atomic mass is 10.3. The fourth-order valence-electron chi connectivity index (χ4n) is 0. The summed E-state index contributed by atoms with van der Waals surface area (Å²) in [5.41, 5.74) is 5.63. The van der Waals surface area contributed by atoms with Gasteiger partial charge in [0, 0.05) is 0 Å². The molecule has 1 unspecified atom stereocenters. The molecular formula is C5H14NP. The predicted molar refractivity (Wildman–Crippen MR) is 36.8 cm³/mol. The summed E-state index contributed by atoms with van der Waals surface area (Å²) in [6, 6.07) is 0. The minimum atomic E-state index is -0.242. The van der Waals surface area contributed by atoms with Crippen LogP contribution in [0.5, 0.6) is 0 Å². The van der Waals surface area contributed by atoms with Crippen LogP contribution < -0.4 is 5.50 Å². The molecule has 0 aliphatic rings. The van der Waals surface area contributed by atoms with Crippen LogP contribution in [0.15, 0.2) is 0 Å². The Balaban J connectivity index is 3.54. The van der Waals surface area contributed by atoms with Crippen molar-refractivity contribution in [2.24, 2.45) is 5.50 Å². The van der Waals surface area contributed by atoms with Crippen molar-refractivity contribution >= 4 is 8.07 Å². The highest BCUT2D eigenvalue weighted by molar-refractivity contribution is 7.55. The highest BCUT2D eigenvalue weighted by atomic mass is 31.1. The molecular weight excluding hydrogens is 105 g/mol. The molecule has 0 saturated heterocycles. The van der Waals surface area contributed by atoms with Crippen LogP contribution in [0.1, 0.15) is 20.8 Å². The number of rotatable bonds is 0. The summed E-state index contributed by atoms with van der Waals surface area (Å²) in [6.07, 6.45) is 0. The summed E-state index contributed by atoms with van der Waals surface area (Å²) >= 11 is 0. The highest BCUT2D eigenvalue weighted by Crippen LogP contribution is 2.37. The minimum Gasteiger partial charge on any atom is -0.309 e. The molecule has 0 heterocycles. The second-order valence-corrected chi connectivity index (χ2v) is 5.35. The van der Waals surface area contributed by atoms with E-state index in [9.17, 15) is 0 Å². The Bertz CT molecular complexity index is 53.6. The van der Waals surface area contributed by atoms with Crippen molar-refractivity contribution in [3.8, 4) is 0 Å². The van der Waals surface area contributed by atoms with E-state index < -0.39 is 0 Å². The van der Waals surface area contributed by atoms with E-state index in [1.54, 1.807) is 0 Å². The molecule has 0 aromatic heterocycles. The molecule has 0 radical (unpaired) electrons. The zero-order valence-electron chi connectivity index (χ0n) is 5.52. The van der Waals surface area contributed by atoms with Crippen LogP contribution in [0.4, 0.5) is 0 Å². The molecule has 0 rings (SSSR count). The fourth-order valence-corrected chi connectivity index (χ4v) is 0. The van der Waals surface area contributed by atoms with Gasteiger partial charge in [-0.15, -0.1) is 0 Å². The van der Waals surface area contributed by atoms with Gasteiger partial charge in [0.1, 0.15) is 0 Å². The molecule has 0 aliphatic carbocycles. The highest BCUT2D eigenvalue weighted by Gasteiger charge is 2.14. The number of hydrogen-bond donors (Lipinski definition) is 1. The van der Waals surface area contributed by atoms with Gasteiger partial charge in [-0.3, -0.25) is 0 Å². The fraction of sp³-hybridized carbons (Fsp3) is 1.00. The SMILES string of the molecule is CP(N)C(C)(C)C. The predicted octanol–water partition coefficient (Wildman–Crippen LogP) is 1.77. The monoisotopic (exact) mass is 119 g/mol. The standard InChI is InChI=1S/C5H14NP/c1-5(2,3)7(4)6/h6H2,1-4H3. The van der Waals surface area contributed by atoms with Crippen LogP contribution in [0.3, 0.4) is 0 Å². The zero-order valence-corrected chi connectivity index (χ0v) is 6.42. The summed E-state index contributed by atoms with van der Waals surface area (Å²) in [4.78, 5) is 0. The van der Waals surface area contributed by atoms with Gasteiger partial charge < -0.3 is 5.50 Å². The molecule has 7 heavy (non-hydrogen) atoms. The molecule has 1 atom stereocenters. The third-order valence-corrected chi connectivity index (χ3v) is 3.17. The average Bonchev–Trinajstić information content (AvgIpc) is 1.31. The van der Waals surface area contributed by atoms with Crippen LogP contribution in [-0.2, 0) is 0 Å². The summed E-state index contributed by atoms with van der Waals surface area (Å²) in [5.74, 6) is 0. The molecule has 0 fully saturated rings. The maximum absolute atomic E-state index is 5.63. The third-order valence-electron chi connectivity index (χ3n) is 1.06. The molecule has 1 nitrogen and oxygen atoms in total. The average molecular weight is 119 g/mol. The molecule has 0 amide bonds. The van der Waals surface area contributed by atoms with Crippen molar-refractivity contribution < 1.29 is 0 Å². The largest absolute Gasteiger partial charge is 0.309 e. The van der Waals surface area contributed by atoms with E-state index in [2.05, 4.69) is 27.4 Å². The molecule has 2 N–H and O–H groups in total. The molecule has 0 bridgehead atoms. The Morgan fingerprint density at radius 1 is 1.29 bits per heavy atom. The second kappa shape index (κ2) is 2.11. The summed E-state index contributed by atoms with van der Waals surface area (Å²) in [6.45, 7) is 8.59. The molecule has 2 heteroatoms. The van der Waals surface area contributed by atoms with Crippen LogP contribution in [0.2, 0.25) is 0 Å². The van der Waals surface area contributed by atoms with Crippen LogP contribution in [0, 0.1) is 0 Å². The molecule has 0 aromatic carbocycles. The van der Waals surface area contributed by atoms with Gasteiger partial charge in [-0.2, -0.15) is 0 Å². The Hall–Kier alpha value is 0.390. The van der Waals surface area contributed by atoms with Crippen LogP contribution in [-0.4, -0.2) is 11.8 Å². The van der Waals surface area contributed by atoms with Crippen molar-refractivity contribution in [2.75, 3.05) is 6.66 Å². The second-order valence-electron chi connectivity index (χ2n) is 2.78. The Kier molecular flexibility index (Phi) is 2.22. The van der Waals surface area contributed by atoms with Crippen molar-refractivity contribution in [2.45, 2.75) is 25.9 Å². The summed E-state index contributed by atoms with van der Waals surface area (Å²) in [5, 5.41) is 0.343. The summed E-state index contributed by atoms with van der Waals surface area (Å²) in [7, 11) is -0.242. The van der Waals surface area contributed by atoms with Gasteiger partial charge >= 0.3 is 0 Å². The number of hydrogen-bond acceptors (Lipinski definition) is 1. The number of nitrogens with two attached hydrogens (primary N) is 1. The third kappa shape index (κ3) is 3.02. The van der Waals surface area contributed by atoms with Gasteiger partial charge in [0.05, 0.1) is 0 Å². The van der Waals surface area contributed by atoms with Gasteiger partial charge in [-0.1, -0.05) is 20.8 Å². The minimum absolute atomic E-state index is 0.242. The van der Waals surface area contributed by atoms with Crippen LogP contribution >= 0.6 is 8.07 Å². The lowest BCUT2D eigenvalue weighted by Crippen LogP contribution is -2.14. The Labute approximate surface area is 47.1 Å². The first kappa shape index (κ1) is 7.39. The first-order valence-electron chi connectivity index (χ1n) is 2.43. The molecule has 44 valence electrons. The normalized spacial score (nSPS) is 16.7. The van der Waals surface area contributed by atoms with E-state index in [0.717, 1.165) is 0 Å². The van der Waals surface area contributed by atoms with Crippen molar-refractivity contribution in [1.82, 2.24) is 0 Å². The lowest BCUT2D eigenvalue weighted by Gasteiger charge is -2.22. The molecule has 0 spiro atoms. The Morgan fingerprint density at radius 2 is 1.43 bits per heavy atom. The van der Waals surface area contributed by atoms with E-state index >= 15 is 0 Å². The maximum Gasteiger partial charge on any atom is -0.00535 e. The quantitative estimate of drug-likeness (QED) is 0.483. The van der Waals surface area contributed by atoms with Crippen molar-refractivity contribution in [3.05, 3.63) is 0 Å². The van der Waals surface area contributed by atoms with Gasteiger partial charge in [0.25, 0.3) is 0 Å². The van der Waals surface area contributed by atoms with E-state index in [1.807, 2.05) is 0 Å². The van der Waals surface area contributed by atoms with E-state index in [4.69, 9.17) is 5.50 Å². The lowest BCUT2D eigenvalue weighted by molar-refractivity contribution is 0.785. The summed E-state index contributed by atoms with van der Waals surface area (Å²) < 4.78 is 0.